The van der Waals surface area contributed by atoms with Gasteiger partial charge >= 0.3 is 0 Å². The van der Waals surface area contributed by atoms with E-state index in [9.17, 15) is 4.79 Å². The number of carbonyl (C=O) groups excluding carboxylic acids is 1. The maximum absolute atomic E-state index is 12.0. The minimum Gasteiger partial charge on any atom is -0.396 e. The van der Waals surface area contributed by atoms with Gasteiger partial charge in [0.1, 0.15) is 0 Å². The molecule has 18 heavy (non-hydrogen) atoms. The van der Waals surface area contributed by atoms with Crippen molar-refractivity contribution in [2.45, 2.75) is 44.6 Å². The Kier molecular flexibility index (Phi) is 6.97. The predicted molar refractivity (Wildman–Crippen MR) is 73.8 cm³/mol. The lowest BCUT2D eigenvalue weighted by molar-refractivity contribution is -0.126. The zero-order valence-corrected chi connectivity index (χ0v) is 11.7. The predicted octanol–water partition coefficient (Wildman–Crippen LogP) is 1.08. The second-order valence-corrected chi connectivity index (χ2v) is 5.45. The van der Waals surface area contributed by atoms with Crippen molar-refractivity contribution in [1.29, 1.82) is 0 Å². The summed E-state index contributed by atoms with van der Waals surface area (Å²) in [6.07, 6.45) is 6.27. The summed E-state index contributed by atoms with van der Waals surface area (Å²) >= 11 is 0. The molecule has 2 fully saturated rings. The van der Waals surface area contributed by atoms with Gasteiger partial charge in [0.15, 0.2) is 0 Å². The number of aliphatic hydroxyl groups excluding tert-OH is 1. The first-order chi connectivity index (χ1) is 8.29. The smallest absolute Gasteiger partial charge is 0.224 e. The molecule has 5 heteroatoms. The van der Waals surface area contributed by atoms with E-state index < -0.39 is 0 Å². The highest BCUT2D eigenvalue weighted by Crippen LogP contribution is 2.24. The molecule has 1 atom stereocenters. The summed E-state index contributed by atoms with van der Waals surface area (Å²) in [4.78, 5) is 12.0. The molecular weight excluding hydrogens is 252 g/mol. The molecule has 2 rings (SSSR count). The Bertz CT molecular complexity index is 249. The van der Waals surface area contributed by atoms with Crippen LogP contribution in [0.4, 0.5) is 0 Å². The third-order valence-corrected chi connectivity index (χ3v) is 4.12. The van der Waals surface area contributed by atoms with Crippen LogP contribution >= 0.6 is 12.4 Å². The molecule has 4 nitrogen and oxygen atoms in total. The average Bonchev–Trinajstić information content (AvgIpc) is 2.40. The third-order valence-electron chi connectivity index (χ3n) is 4.12. The van der Waals surface area contributed by atoms with E-state index in [0.29, 0.717) is 18.6 Å². The molecule has 0 radical (unpaired) electrons. The molecule has 1 saturated heterocycles. The first-order valence-electron chi connectivity index (χ1n) is 6.91. The van der Waals surface area contributed by atoms with E-state index in [0.717, 1.165) is 51.6 Å². The molecule has 0 bridgehead atoms. The Morgan fingerprint density at radius 1 is 1.22 bits per heavy atom. The first-order valence-corrected chi connectivity index (χ1v) is 6.91. The van der Waals surface area contributed by atoms with Gasteiger partial charge in [-0.3, -0.25) is 4.79 Å². The number of rotatable bonds is 3. The lowest BCUT2D eigenvalue weighted by Gasteiger charge is -2.30. The second kappa shape index (κ2) is 7.97. The van der Waals surface area contributed by atoms with E-state index in [1.165, 1.54) is 0 Å². The van der Waals surface area contributed by atoms with E-state index >= 15 is 0 Å². The van der Waals surface area contributed by atoms with Gasteiger partial charge in [-0.05, 0) is 51.0 Å². The van der Waals surface area contributed by atoms with Gasteiger partial charge in [-0.25, -0.2) is 0 Å². The van der Waals surface area contributed by atoms with Crippen molar-refractivity contribution in [1.82, 2.24) is 10.6 Å². The zero-order chi connectivity index (χ0) is 12.1. The fourth-order valence-electron chi connectivity index (χ4n) is 2.88. The molecule has 106 valence electrons. The van der Waals surface area contributed by atoms with Gasteiger partial charge in [0.05, 0.1) is 5.92 Å². The molecule has 1 aliphatic heterocycles. The van der Waals surface area contributed by atoms with Gasteiger partial charge in [0, 0.05) is 19.2 Å². The minimum atomic E-state index is 0. The first kappa shape index (κ1) is 15.7. The van der Waals surface area contributed by atoms with Crippen LogP contribution in [0.25, 0.3) is 0 Å². The molecule has 0 aromatic heterocycles. The molecule has 1 unspecified atom stereocenters. The number of hydrogen-bond donors (Lipinski definition) is 3. The Morgan fingerprint density at radius 3 is 2.50 bits per heavy atom. The highest BCUT2D eigenvalue weighted by Gasteiger charge is 2.26. The maximum atomic E-state index is 12.0. The van der Waals surface area contributed by atoms with Crippen LogP contribution in [0.15, 0.2) is 0 Å². The SMILES string of the molecule is Cl.O=C(NC1CCC(CO)CC1)C1CCCNC1. The highest BCUT2D eigenvalue weighted by atomic mass is 35.5. The molecule has 0 spiro atoms. The molecule has 0 aromatic carbocycles. The molecule has 3 N–H and O–H groups in total. The van der Waals surface area contributed by atoms with Crippen molar-refractivity contribution in [2.75, 3.05) is 19.7 Å². The molecule has 1 amide bonds. The van der Waals surface area contributed by atoms with Crippen molar-refractivity contribution in [2.24, 2.45) is 11.8 Å². The summed E-state index contributed by atoms with van der Waals surface area (Å²) in [5.41, 5.74) is 0. The van der Waals surface area contributed by atoms with Crippen LogP contribution in [0, 0.1) is 11.8 Å². The Labute approximate surface area is 115 Å². The van der Waals surface area contributed by atoms with E-state index in [1.54, 1.807) is 0 Å². The van der Waals surface area contributed by atoms with Crippen LogP contribution in [0.2, 0.25) is 0 Å². The van der Waals surface area contributed by atoms with Crippen molar-refractivity contribution >= 4 is 18.3 Å². The Balaban J connectivity index is 0.00000162. The van der Waals surface area contributed by atoms with Crippen molar-refractivity contribution < 1.29 is 9.90 Å². The quantitative estimate of drug-likeness (QED) is 0.723. The van der Waals surface area contributed by atoms with Gasteiger partial charge in [-0.2, -0.15) is 0 Å². The number of halogens is 1. The molecule has 1 saturated carbocycles. The molecular formula is C13H25ClN2O2. The largest absolute Gasteiger partial charge is 0.396 e. The van der Waals surface area contributed by atoms with Gasteiger partial charge in [-0.15, -0.1) is 12.4 Å². The summed E-state index contributed by atoms with van der Waals surface area (Å²) in [5.74, 6) is 0.850. The van der Waals surface area contributed by atoms with Crippen LogP contribution in [0.5, 0.6) is 0 Å². The van der Waals surface area contributed by atoms with Crippen molar-refractivity contribution in [3.8, 4) is 0 Å². The maximum Gasteiger partial charge on any atom is 0.224 e. The molecule has 1 aliphatic carbocycles. The Morgan fingerprint density at radius 2 is 1.94 bits per heavy atom. The minimum absolute atomic E-state index is 0. The van der Waals surface area contributed by atoms with Crippen LogP contribution in [-0.4, -0.2) is 36.8 Å². The molecule has 1 heterocycles. The topological polar surface area (TPSA) is 61.4 Å². The highest BCUT2D eigenvalue weighted by molar-refractivity contribution is 5.85. The van der Waals surface area contributed by atoms with Gasteiger partial charge < -0.3 is 15.7 Å². The fourth-order valence-corrected chi connectivity index (χ4v) is 2.88. The van der Waals surface area contributed by atoms with Gasteiger partial charge in [0.2, 0.25) is 5.91 Å². The number of hydrogen-bond acceptors (Lipinski definition) is 3. The van der Waals surface area contributed by atoms with E-state index in [2.05, 4.69) is 10.6 Å². The Hall–Kier alpha value is -0.320. The number of amides is 1. The van der Waals surface area contributed by atoms with Crippen LogP contribution in [0.3, 0.4) is 0 Å². The van der Waals surface area contributed by atoms with Crippen LogP contribution in [-0.2, 0) is 4.79 Å². The van der Waals surface area contributed by atoms with E-state index in [1.807, 2.05) is 0 Å². The van der Waals surface area contributed by atoms with Gasteiger partial charge in [0.25, 0.3) is 0 Å². The molecule has 2 aliphatic rings. The average molecular weight is 277 g/mol. The monoisotopic (exact) mass is 276 g/mol. The number of piperidine rings is 1. The lowest BCUT2D eigenvalue weighted by atomic mass is 9.86. The standard InChI is InChI=1S/C13H24N2O2.ClH/c16-9-10-3-5-12(6-4-10)15-13(17)11-2-1-7-14-8-11;/h10-12,14,16H,1-9H2,(H,15,17);1H. The third kappa shape index (κ3) is 4.41. The lowest BCUT2D eigenvalue weighted by Crippen LogP contribution is -2.45. The number of aliphatic hydroxyl groups is 1. The van der Waals surface area contributed by atoms with Gasteiger partial charge in [-0.1, -0.05) is 0 Å². The summed E-state index contributed by atoms with van der Waals surface area (Å²) in [7, 11) is 0. The fraction of sp³-hybridized carbons (Fsp3) is 0.923. The summed E-state index contributed by atoms with van der Waals surface area (Å²) in [5, 5.41) is 15.5. The van der Waals surface area contributed by atoms with Crippen LogP contribution in [0.1, 0.15) is 38.5 Å². The number of carbonyl (C=O) groups is 1. The summed E-state index contributed by atoms with van der Waals surface area (Å²) in [6, 6.07) is 0.340. The number of nitrogens with one attached hydrogen (secondary N) is 2. The summed E-state index contributed by atoms with van der Waals surface area (Å²) < 4.78 is 0. The van der Waals surface area contributed by atoms with Crippen molar-refractivity contribution in [3.05, 3.63) is 0 Å². The normalized spacial score (nSPS) is 32.4. The van der Waals surface area contributed by atoms with E-state index in [4.69, 9.17) is 5.11 Å². The van der Waals surface area contributed by atoms with E-state index in [-0.39, 0.29) is 24.2 Å². The molecule has 0 aromatic rings. The second-order valence-electron chi connectivity index (χ2n) is 5.45. The summed E-state index contributed by atoms with van der Waals surface area (Å²) in [6.45, 7) is 2.18. The van der Waals surface area contributed by atoms with Crippen molar-refractivity contribution in [3.63, 3.8) is 0 Å². The zero-order valence-electron chi connectivity index (χ0n) is 10.9. The van der Waals surface area contributed by atoms with Crippen LogP contribution < -0.4 is 10.6 Å².